The van der Waals surface area contributed by atoms with Gasteiger partial charge in [0, 0.05) is 12.3 Å². The highest BCUT2D eigenvalue weighted by Gasteiger charge is 2.08. The van der Waals surface area contributed by atoms with Gasteiger partial charge in [0.1, 0.15) is 5.75 Å². The lowest BCUT2D eigenvalue weighted by Gasteiger charge is -2.06. The van der Waals surface area contributed by atoms with Gasteiger partial charge in [-0.15, -0.1) is 0 Å². The molecule has 0 bridgehead atoms. The van der Waals surface area contributed by atoms with Crippen molar-refractivity contribution in [1.82, 2.24) is 15.5 Å². The molecule has 2 aromatic rings. The summed E-state index contributed by atoms with van der Waals surface area (Å²) < 4.78 is 5.19. The van der Waals surface area contributed by atoms with E-state index in [1.165, 1.54) is 18.2 Å². The first-order valence-corrected chi connectivity index (χ1v) is 5.77. The van der Waals surface area contributed by atoms with Crippen LogP contribution in [0.1, 0.15) is 5.69 Å². The number of carbonyl (C=O) groups excluding carboxylic acids is 1. The Labute approximate surface area is 113 Å². The molecular weight excluding hydrogens is 264 g/mol. The summed E-state index contributed by atoms with van der Waals surface area (Å²) in [5, 5.41) is 19.7. The molecule has 1 aromatic heterocycles. The van der Waals surface area contributed by atoms with Crippen LogP contribution < -0.4 is 10.1 Å². The van der Waals surface area contributed by atoms with Gasteiger partial charge in [0.25, 0.3) is 11.6 Å². The molecule has 20 heavy (non-hydrogen) atoms. The van der Waals surface area contributed by atoms with E-state index in [0.717, 1.165) is 5.69 Å². The number of nitrogens with zero attached hydrogens (tertiary/aromatic N) is 2. The monoisotopic (exact) mass is 276 g/mol. The zero-order valence-corrected chi connectivity index (χ0v) is 10.4. The summed E-state index contributed by atoms with van der Waals surface area (Å²) in [6, 6.07) is 7.40. The van der Waals surface area contributed by atoms with Gasteiger partial charge in [-0.05, 0) is 12.1 Å². The Morgan fingerprint density at radius 2 is 2.30 bits per heavy atom. The van der Waals surface area contributed by atoms with Crippen LogP contribution in [0.3, 0.4) is 0 Å². The average molecular weight is 276 g/mol. The van der Waals surface area contributed by atoms with Crippen LogP contribution in [0, 0.1) is 10.1 Å². The normalized spacial score (nSPS) is 10.0. The highest BCUT2D eigenvalue weighted by atomic mass is 16.6. The summed E-state index contributed by atoms with van der Waals surface area (Å²) in [7, 11) is 0. The molecule has 0 aliphatic rings. The van der Waals surface area contributed by atoms with Gasteiger partial charge in [0.05, 0.1) is 23.2 Å². The van der Waals surface area contributed by atoms with Crippen molar-refractivity contribution in [3.8, 4) is 5.75 Å². The van der Waals surface area contributed by atoms with Crippen molar-refractivity contribution in [1.29, 1.82) is 0 Å². The summed E-state index contributed by atoms with van der Waals surface area (Å²) in [6.45, 7) is 0.104. The first kappa shape index (κ1) is 13.5. The van der Waals surface area contributed by atoms with Crippen LogP contribution in [-0.2, 0) is 11.3 Å². The Hall–Kier alpha value is -2.90. The Bertz CT molecular complexity index is 597. The number of non-ortho nitro benzene ring substituents is 1. The molecule has 8 nitrogen and oxygen atoms in total. The lowest BCUT2D eigenvalue weighted by atomic mass is 10.3. The quantitative estimate of drug-likeness (QED) is 0.604. The molecule has 0 saturated carbocycles. The van der Waals surface area contributed by atoms with Gasteiger partial charge in [-0.25, -0.2) is 0 Å². The highest BCUT2D eigenvalue weighted by Crippen LogP contribution is 2.18. The molecule has 8 heteroatoms. The Balaban J connectivity index is 1.81. The number of nitrogens with one attached hydrogen (secondary N) is 2. The van der Waals surface area contributed by atoms with Gasteiger partial charge >= 0.3 is 0 Å². The molecule has 1 amide bonds. The van der Waals surface area contributed by atoms with Gasteiger partial charge in [-0.2, -0.15) is 5.10 Å². The molecule has 2 rings (SSSR count). The second-order valence-electron chi connectivity index (χ2n) is 3.90. The summed E-state index contributed by atoms with van der Waals surface area (Å²) >= 11 is 0. The minimum absolute atomic E-state index is 0.0830. The number of carbonyl (C=O) groups is 1. The number of H-pyrrole nitrogens is 1. The van der Waals surface area contributed by atoms with E-state index in [9.17, 15) is 14.9 Å². The number of nitro groups is 1. The molecular formula is C12H12N4O4. The first-order valence-electron chi connectivity index (χ1n) is 5.77. The first-order chi connectivity index (χ1) is 9.65. The summed E-state index contributed by atoms with van der Waals surface area (Å²) in [4.78, 5) is 21.6. The second kappa shape index (κ2) is 6.32. The van der Waals surface area contributed by atoms with Crippen LogP contribution >= 0.6 is 0 Å². The lowest BCUT2D eigenvalue weighted by Crippen LogP contribution is -2.28. The Morgan fingerprint density at radius 1 is 1.45 bits per heavy atom. The zero-order valence-electron chi connectivity index (χ0n) is 10.4. The molecule has 0 aliphatic heterocycles. The minimum atomic E-state index is -0.523. The van der Waals surface area contributed by atoms with Crippen molar-refractivity contribution < 1.29 is 14.5 Å². The smallest absolute Gasteiger partial charge is 0.273 e. The number of ether oxygens (including phenoxy) is 1. The van der Waals surface area contributed by atoms with Gasteiger partial charge in [-0.1, -0.05) is 6.07 Å². The fourth-order valence-electron chi connectivity index (χ4n) is 1.46. The standard InChI is InChI=1S/C12H12N4O4/c17-12(13-7-9-4-5-14-15-9)8-20-11-3-1-2-10(6-11)16(18)19/h1-6H,7-8H2,(H,13,17)(H,14,15). The molecule has 0 fully saturated rings. The molecule has 1 aromatic carbocycles. The fourth-order valence-corrected chi connectivity index (χ4v) is 1.46. The van der Waals surface area contributed by atoms with E-state index < -0.39 is 4.92 Å². The predicted octanol–water partition coefficient (Wildman–Crippen LogP) is 1.01. The van der Waals surface area contributed by atoms with Crippen molar-refractivity contribution in [2.75, 3.05) is 6.61 Å². The van der Waals surface area contributed by atoms with Crippen LogP contribution in [-0.4, -0.2) is 27.6 Å². The summed E-state index contributed by atoms with van der Waals surface area (Å²) in [5.74, 6) is -0.0537. The van der Waals surface area contributed by atoms with Crippen LogP contribution in [0.2, 0.25) is 0 Å². The third-order valence-corrected chi connectivity index (χ3v) is 2.43. The number of rotatable bonds is 6. The second-order valence-corrected chi connectivity index (χ2v) is 3.90. The number of benzene rings is 1. The lowest BCUT2D eigenvalue weighted by molar-refractivity contribution is -0.384. The average Bonchev–Trinajstić information content (AvgIpc) is 2.96. The van der Waals surface area contributed by atoms with E-state index in [-0.39, 0.29) is 24.0 Å². The van der Waals surface area contributed by atoms with E-state index in [0.29, 0.717) is 6.54 Å². The van der Waals surface area contributed by atoms with Crippen molar-refractivity contribution in [3.05, 3.63) is 52.3 Å². The van der Waals surface area contributed by atoms with Gasteiger partial charge in [0.15, 0.2) is 6.61 Å². The largest absolute Gasteiger partial charge is 0.484 e. The van der Waals surface area contributed by atoms with Crippen LogP contribution in [0.25, 0.3) is 0 Å². The fraction of sp³-hybridized carbons (Fsp3) is 0.167. The topological polar surface area (TPSA) is 110 Å². The maximum Gasteiger partial charge on any atom is 0.273 e. The minimum Gasteiger partial charge on any atom is -0.484 e. The molecule has 0 atom stereocenters. The third-order valence-electron chi connectivity index (χ3n) is 2.43. The van der Waals surface area contributed by atoms with Crippen LogP contribution in [0.4, 0.5) is 5.69 Å². The van der Waals surface area contributed by atoms with E-state index in [4.69, 9.17) is 4.74 Å². The predicted molar refractivity (Wildman–Crippen MR) is 69.0 cm³/mol. The number of hydrogen-bond acceptors (Lipinski definition) is 5. The number of nitro benzene ring substituents is 1. The number of hydrogen-bond donors (Lipinski definition) is 2. The van der Waals surface area contributed by atoms with Gasteiger partial charge < -0.3 is 10.1 Å². The Kier molecular flexibility index (Phi) is 4.28. The van der Waals surface area contributed by atoms with Gasteiger partial charge in [0.2, 0.25) is 0 Å². The summed E-state index contributed by atoms with van der Waals surface area (Å²) in [5.41, 5.74) is 0.689. The maximum absolute atomic E-state index is 11.5. The zero-order chi connectivity index (χ0) is 14.4. The number of amides is 1. The van der Waals surface area contributed by atoms with Crippen molar-refractivity contribution in [2.45, 2.75) is 6.54 Å². The van der Waals surface area contributed by atoms with E-state index in [1.54, 1.807) is 18.3 Å². The van der Waals surface area contributed by atoms with Crippen LogP contribution in [0.5, 0.6) is 5.75 Å². The molecule has 0 radical (unpaired) electrons. The van der Waals surface area contributed by atoms with E-state index in [1.807, 2.05) is 0 Å². The molecule has 0 spiro atoms. The molecule has 1 heterocycles. The van der Waals surface area contributed by atoms with E-state index in [2.05, 4.69) is 15.5 Å². The molecule has 104 valence electrons. The van der Waals surface area contributed by atoms with Crippen molar-refractivity contribution in [2.24, 2.45) is 0 Å². The van der Waals surface area contributed by atoms with Crippen molar-refractivity contribution in [3.63, 3.8) is 0 Å². The molecule has 0 saturated heterocycles. The highest BCUT2D eigenvalue weighted by molar-refractivity contribution is 5.77. The van der Waals surface area contributed by atoms with Crippen molar-refractivity contribution >= 4 is 11.6 Å². The summed E-state index contributed by atoms with van der Waals surface area (Å²) in [6.07, 6.45) is 1.58. The van der Waals surface area contributed by atoms with Crippen LogP contribution in [0.15, 0.2) is 36.5 Å². The molecule has 0 aliphatic carbocycles. The number of aromatic amines is 1. The Morgan fingerprint density at radius 3 is 3.00 bits per heavy atom. The maximum atomic E-state index is 11.5. The molecule has 0 unspecified atom stereocenters. The molecule has 2 N–H and O–H groups in total. The van der Waals surface area contributed by atoms with Gasteiger partial charge in [-0.3, -0.25) is 20.0 Å². The third kappa shape index (κ3) is 3.80. The van der Waals surface area contributed by atoms with E-state index >= 15 is 0 Å². The number of aromatic nitrogens is 2. The SMILES string of the molecule is O=C(COc1cccc([N+](=O)[O-])c1)NCc1ccn[nH]1.